The molecule has 0 unspecified atom stereocenters. The van der Waals surface area contributed by atoms with Crippen molar-refractivity contribution in [3.8, 4) is 0 Å². The minimum absolute atomic E-state index is 0.0593. The van der Waals surface area contributed by atoms with Gasteiger partial charge in [0, 0.05) is 19.8 Å². The Hall–Kier alpha value is -1.45. The van der Waals surface area contributed by atoms with Gasteiger partial charge in [-0.15, -0.1) is 0 Å². The second-order valence-corrected chi connectivity index (χ2v) is 3.62. The van der Waals surface area contributed by atoms with Crippen LogP contribution in [0.15, 0.2) is 12.4 Å². The van der Waals surface area contributed by atoms with Crippen molar-refractivity contribution in [3.05, 3.63) is 23.8 Å². The van der Waals surface area contributed by atoms with Crippen molar-refractivity contribution in [1.82, 2.24) is 14.9 Å². The van der Waals surface area contributed by atoms with E-state index in [4.69, 9.17) is 0 Å². The molecule has 1 amide bonds. The van der Waals surface area contributed by atoms with Gasteiger partial charge < -0.3 is 4.90 Å². The summed E-state index contributed by atoms with van der Waals surface area (Å²) in [4.78, 5) is 21.6. The van der Waals surface area contributed by atoms with Crippen LogP contribution in [0.2, 0.25) is 0 Å². The number of nitrogens with zero attached hydrogens (tertiary/aromatic N) is 3. The molecule has 0 aliphatic carbocycles. The van der Waals surface area contributed by atoms with Crippen LogP contribution in [0, 0.1) is 6.92 Å². The number of carbonyl (C=O) groups is 1. The molecular formula is C11H17N3O. The standard InChI is InChI=1S/C11H17N3O/c1-4-5-6-14(3)11(15)10-8-12-9(2)7-13-10/h7-8H,4-6H2,1-3H3. The van der Waals surface area contributed by atoms with Gasteiger partial charge in [-0.25, -0.2) is 4.98 Å². The van der Waals surface area contributed by atoms with Crippen LogP contribution in [-0.2, 0) is 0 Å². The zero-order chi connectivity index (χ0) is 11.3. The van der Waals surface area contributed by atoms with Crippen LogP contribution in [0.5, 0.6) is 0 Å². The summed E-state index contributed by atoms with van der Waals surface area (Å²) in [7, 11) is 1.79. The number of hydrogen-bond donors (Lipinski definition) is 0. The molecule has 0 saturated carbocycles. The molecule has 1 heterocycles. The van der Waals surface area contributed by atoms with Gasteiger partial charge in [-0.1, -0.05) is 13.3 Å². The molecule has 0 atom stereocenters. The van der Waals surface area contributed by atoms with Gasteiger partial charge in [0.15, 0.2) is 0 Å². The third kappa shape index (κ3) is 3.31. The molecule has 0 fully saturated rings. The summed E-state index contributed by atoms with van der Waals surface area (Å²) < 4.78 is 0. The number of amides is 1. The molecule has 15 heavy (non-hydrogen) atoms. The number of carbonyl (C=O) groups excluding carboxylic acids is 1. The van der Waals surface area contributed by atoms with Crippen LogP contribution >= 0.6 is 0 Å². The van der Waals surface area contributed by atoms with Crippen LogP contribution in [0.1, 0.15) is 35.9 Å². The summed E-state index contributed by atoms with van der Waals surface area (Å²) in [6.07, 6.45) is 5.24. The van der Waals surface area contributed by atoms with E-state index in [-0.39, 0.29) is 5.91 Å². The number of hydrogen-bond acceptors (Lipinski definition) is 3. The molecular weight excluding hydrogens is 190 g/mol. The lowest BCUT2D eigenvalue weighted by atomic mass is 10.3. The average molecular weight is 207 g/mol. The first-order valence-electron chi connectivity index (χ1n) is 5.19. The SMILES string of the molecule is CCCCN(C)C(=O)c1cnc(C)cn1. The van der Waals surface area contributed by atoms with E-state index in [9.17, 15) is 4.79 Å². The van der Waals surface area contributed by atoms with Crippen molar-refractivity contribution in [1.29, 1.82) is 0 Å². The van der Waals surface area contributed by atoms with E-state index in [0.717, 1.165) is 25.1 Å². The predicted octanol–water partition coefficient (Wildman–Crippen LogP) is 1.66. The number of aryl methyl sites for hydroxylation is 1. The Labute approximate surface area is 90.3 Å². The third-order valence-corrected chi connectivity index (χ3v) is 2.19. The van der Waals surface area contributed by atoms with Crippen LogP contribution in [-0.4, -0.2) is 34.4 Å². The fourth-order valence-corrected chi connectivity index (χ4v) is 1.20. The first kappa shape index (κ1) is 11.6. The van der Waals surface area contributed by atoms with Crippen LogP contribution < -0.4 is 0 Å². The molecule has 4 nitrogen and oxygen atoms in total. The summed E-state index contributed by atoms with van der Waals surface area (Å²) in [5, 5.41) is 0. The van der Waals surface area contributed by atoms with E-state index in [2.05, 4.69) is 16.9 Å². The van der Waals surface area contributed by atoms with Gasteiger partial charge in [-0.3, -0.25) is 9.78 Å². The van der Waals surface area contributed by atoms with E-state index in [0.29, 0.717) is 5.69 Å². The molecule has 0 spiro atoms. The monoisotopic (exact) mass is 207 g/mol. The highest BCUT2D eigenvalue weighted by molar-refractivity contribution is 5.91. The van der Waals surface area contributed by atoms with Gasteiger partial charge in [0.25, 0.3) is 5.91 Å². The predicted molar refractivity (Wildman–Crippen MR) is 58.6 cm³/mol. The highest BCUT2D eigenvalue weighted by Crippen LogP contribution is 2.01. The largest absolute Gasteiger partial charge is 0.340 e. The Morgan fingerprint density at radius 3 is 2.67 bits per heavy atom. The molecule has 82 valence electrons. The minimum atomic E-state index is -0.0593. The van der Waals surface area contributed by atoms with Crippen molar-refractivity contribution < 1.29 is 4.79 Å². The Balaban J connectivity index is 2.63. The van der Waals surface area contributed by atoms with Gasteiger partial charge in [-0.2, -0.15) is 0 Å². The topological polar surface area (TPSA) is 46.1 Å². The molecule has 4 heteroatoms. The van der Waals surface area contributed by atoms with Crippen molar-refractivity contribution in [2.45, 2.75) is 26.7 Å². The van der Waals surface area contributed by atoms with E-state index in [1.807, 2.05) is 6.92 Å². The van der Waals surface area contributed by atoms with Gasteiger partial charge in [0.2, 0.25) is 0 Å². The molecule has 1 aromatic heterocycles. The van der Waals surface area contributed by atoms with Crippen molar-refractivity contribution in [2.24, 2.45) is 0 Å². The fourth-order valence-electron chi connectivity index (χ4n) is 1.20. The molecule has 1 rings (SSSR count). The van der Waals surface area contributed by atoms with E-state index >= 15 is 0 Å². The second-order valence-electron chi connectivity index (χ2n) is 3.62. The van der Waals surface area contributed by atoms with E-state index < -0.39 is 0 Å². The Bertz CT molecular complexity index is 321. The second kappa shape index (κ2) is 5.44. The highest BCUT2D eigenvalue weighted by atomic mass is 16.2. The third-order valence-electron chi connectivity index (χ3n) is 2.19. The molecule has 1 aromatic rings. The first-order valence-corrected chi connectivity index (χ1v) is 5.19. The summed E-state index contributed by atoms with van der Waals surface area (Å²) in [5.41, 5.74) is 1.24. The summed E-state index contributed by atoms with van der Waals surface area (Å²) in [6.45, 7) is 4.72. The first-order chi connectivity index (χ1) is 7.15. The van der Waals surface area contributed by atoms with Crippen molar-refractivity contribution in [2.75, 3.05) is 13.6 Å². The Morgan fingerprint density at radius 1 is 1.40 bits per heavy atom. The minimum Gasteiger partial charge on any atom is -0.340 e. The molecule has 0 aromatic carbocycles. The van der Waals surface area contributed by atoms with Gasteiger partial charge in [-0.05, 0) is 13.3 Å². The number of rotatable bonds is 4. The zero-order valence-electron chi connectivity index (χ0n) is 9.53. The maximum Gasteiger partial charge on any atom is 0.273 e. The molecule has 0 N–H and O–H groups in total. The highest BCUT2D eigenvalue weighted by Gasteiger charge is 2.12. The lowest BCUT2D eigenvalue weighted by molar-refractivity contribution is 0.0787. The normalized spacial score (nSPS) is 10.1. The molecule has 0 radical (unpaired) electrons. The smallest absolute Gasteiger partial charge is 0.273 e. The van der Waals surface area contributed by atoms with Gasteiger partial charge in [0.05, 0.1) is 11.9 Å². The lowest BCUT2D eigenvalue weighted by Gasteiger charge is -2.15. The quantitative estimate of drug-likeness (QED) is 0.754. The number of aromatic nitrogens is 2. The average Bonchev–Trinajstić information content (AvgIpc) is 2.26. The lowest BCUT2D eigenvalue weighted by Crippen LogP contribution is -2.28. The molecule has 0 saturated heterocycles. The van der Waals surface area contributed by atoms with Crippen LogP contribution in [0.25, 0.3) is 0 Å². The molecule has 0 bridgehead atoms. The maximum absolute atomic E-state index is 11.8. The summed E-state index contributed by atoms with van der Waals surface area (Å²) in [5.74, 6) is -0.0593. The fraction of sp³-hybridized carbons (Fsp3) is 0.545. The van der Waals surface area contributed by atoms with Gasteiger partial charge >= 0.3 is 0 Å². The van der Waals surface area contributed by atoms with Crippen molar-refractivity contribution in [3.63, 3.8) is 0 Å². The summed E-state index contributed by atoms with van der Waals surface area (Å²) >= 11 is 0. The Kier molecular flexibility index (Phi) is 4.21. The molecule has 0 aliphatic rings. The van der Waals surface area contributed by atoms with E-state index in [1.54, 1.807) is 18.1 Å². The Morgan fingerprint density at radius 2 is 2.13 bits per heavy atom. The van der Waals surface area contributed by atoms with Crippen LogP contribution in [0.3, 0.4) is 0 Å². The van der Waals surface area contributed by atoms with E-state index in [1.165, 1.54) is 6.20 Å². The van der Waals surface area contributed by atoms with Gasteiger partial charge in [0.1, 0.15) is 5.69 Å². The van der Waals surface area contributed by atoms with Crippen molar-refractivity contribution >= 4 is 5.91 Å². The molecule has 0 aliphatic heterocycles. The maximum atomic E-state index is 11.8. The summed E-state index contributed by atoms with van der Waals surface area (Å²) in [6, 6.07) is 0. The van der Waals surface area contributed by atoms with Crippen LogP contribution in [0.4, 0.5) is 0 Å². The number of unbranched alkanes of at least 4 members (excludes halogenated alkanes) is 1. The zero-order valence-corrected chi connectivity index (χ0v) is 9.53.